The molecule has 7 heteroatoms. The van der Waals surface area contributed by atoms with Gasteiger partial charge in [0, 0.05) is 5.69 Å². The Morgan fingerprint density at radius 1 is 1.47 bits per heavy atom. The lowest BCUT2D eigenvalue weighted by atomic mass is 10.3. The number of hydrogen-bond donors (Lipinski definition) is 2. The average Bonchev–Trinajstić information content (AvgIpc) is 2.66. The molecular weight excluding hydrogens is 246 g/mol. The number of para-hydroxylation sites is 1. The lowest BCUT2D eigenvalue weighted by Crippen LogP contribution is -2.44. The van der Waals surface area contributed by atoms with E-state index in [1.54, 1.807) is 24.3 Å². The number of aryl methyl sites for hydroxylation is 1. The molecule has 1 amide bonds. The van der Waals surface area contributed by atoms with Crippen LogP contribution in [0.15, 0.2) is 35.1 Å². The molecule has 2 aromatic rings. The van der Waals surface area contributed by atoms with Crippen LogP contribution < -0.4 is 15.6 Å². The highest BCUT2D eigenvalue weighted by Crippen LogP contribution is 2.05. The van der Waals surface area contributed by atoms with Gasteiger partial charge in [-0.15, -0.1) is 9.36 Å². The largest absolute Gasteiger partial charge is 0.406 e. The first-order valence-corrected chi connectivity index (χ1v) is 5.55. The first-order chi connectivity index (χ1) is 9.13. The maximum atomic E-state index is 12.1. The number of hydrogen-bond acceptors (Lipinski definition) is 3. The number of aromatic nitrogens is 3. The fourth-order valence-corrected chi connectivity index (χ4v) is 1.67. The van der Waals surface area contributed by atoms with E-state index in [2.05, 4.69) is 10.5 Å². The molecule has 0 bridgehead atoms. The lowest BCUT2D eigenvalue weighted by Gasteiger charge is -2.01. The summed E-state index contributed by atoms with van der Waals surface area (Å²) in [6.45, 7) is -0.104. The molecule has 0 fully saturated rings. The van der Waals surface area contributed by atoms with Crippen LogP contribution in [0, 0.1) is 11.3 Å². The number of nitriles is 1. The smallest absolute Gasteiger partial charge is 0.319 e. The first-order valence-electron chi connectivity index (χ1n) is 5.55. The summed E-state index contributed by atoms with van der Waals surface area (Å²) >= 11 is 0. The van der Waals surface area contributed by atoms with Crippen molar-refractivity contribution >= 4 is 11.6 Å². The second-order valence-corrected chi connectivity index (χ2v) is 3.88. The number of aromatic amines is 1. The number of carbonyl (C=O) groups excluding carboxylic acids is 1. The van der Waals surface area contributed by atoms with Crippen LogP contribution >= 0.6 is 0 Å². The van der Waals surface area contributed by atoms with Gasteiger partial charge in [0.05, 0.1) is 0 Å². The van der Waals surface area contributed by atoms with E-state index in [0.29, 0.717) is 5.69 Å². The molecule has 2 rings (SSSR count). The SMILES string of the molecule is Cn1[nH][n+](CC#N)c(C(=O)Nc2ccccc2)c1=O. The summed E-state index contributed by atoms with van der Waals surface area (Å²) in [6, 6.07) is 10.7. The first kappa shape index (κ1) is 12.6. The van der Waals surface area contributed by atoms with Crippen molar-refractivity contribution in [1.82, 2.24) is 9.90 Å². The maximum Gasteiger partial charge on any atom is 0.406 e. The highest BCUT2D eigenvalue weighted by atomic mass is 16.2. The number of nitrogens with one attached hydrogen (secondary N) is 2. The molecule has 1 heterocycles. The summed E-state index contributed by atoms with van der Waals surface area (Å²) < 4.78 is 2.36. The molecule has 2 N–H and O–H groups in total. The number of anilines is 1. The highest BCUT2D eigenvalue weighted by molar-refractivity contribution is 6.01. The molecule has 96 valence electrons. The highest BCUT2D eigenvalue weighted by Gasteiger charge is 2.26. The predicted octanol–water partition coefficient (Wildman–Crippen LogP) is -0.223. The molecule has 0 aliphatic heterocycles. The van der Waals surface area contributed by atoms with Gasteiger partial charge in [-0.2, -0.15) is 5.26 Å². The molecule has 0 saturated heterocycles. The third-order valence-electron chi connectivity index (χ3n) is 2.52. The van der Waals surface area contributed by atoms with Crippen molar-refractivity contribution in [2.45, 2.75) is 6.54 Å². The van der Waals surface area contributed by atoms with Crippen LogP contribution in [0.1, 0.15) is 10.5 Å². The zero-order valence-electron chi connectivity index (χ0n) is 10.3. The van der Waals surface area contributed by atoms with Gasteiger partial charge in [-0.25, -0.2) is 4.79 Å². The molecule has 0 atom stereocenters. The van der Waals surface area contributed by atoms with E-state index in [9.17, 15) is 9.59 Å². The van der Waals surface area contributed by atoms with Crippen LogP contribution in [0.2, 0.25) is 0 Å². The van der Waals surface area contributed by atoms with Crippen molar-refractivity contribution in [3.05, 3.63) is 46.4 Å². The summed E-state index contributed by atoms with van der Waals surface area (Å²) in [6.07, 6.45) is 0. The Hall–Kier alpha value is -2.88. The van der Waals surface area contributed by atoms with E-state index in [0.717, 1.165) is 4.68 Å². The van der Waals surface area contributed by atoms with Gasteiger partial charge in [-0.05, 0) is 12.1 Å². The van der Waals surface area contributed by atoms with Gasteiger partial charge < -0.3 is 5.32 Å². The molecule has 19 heavy (non-hydrogen) atoms. The Bertz CT molecular complexity index is 693. The lowest BCUT2D eigenvalue weighted by molar-refractivity contribution is -0.746. The van der Waals surface area contributed by atoms with E-state index >= 15 is 0 Å². The van der Waals surface area contributed by atoms with Gasteiger partial charge in [0.15, 0.2) is 6.54 Å². The third-order valence-corrected chi connectivity index (χ3v) is 2.52. The predicted molar refractivity (Wildman–Crippen MR) is 66.2 cm³/mol. The van der Waals surface area contributed by atoms with E-state index in [-0.39, 0.29) is 12.2 Å². The monoisotopic (exact) mass is 258 g/mol. The van der Waals surface area contributed by atoms with Crippen LogP contribution in [0.25, 0.3) is 0 Å². The van der Waals surface area contributed by atoms with Gasteiger partial charge in [0.2, 0.25) is 0 Å². The Labute approximate surface area is 108 Å². The summed E-state index contributed by atoms with van der Waals surface area (Å²) in [5.74, 6) is -0.552. The minimum Gasteiger partial charge on any atom is -0.319 e. The normalized spacial score (nSPS) is 9.89. The molecule has 0 saturated carbocycles. The summed E-state index contributed by atoms with van der Waals surface area (Å²) in [4.78, 5) is 23.9. The van der Waals surface area contributed by atoms with Crippen LogP contribution in [-0.4, -0.2) is 15.8 Å². The van der Waals surface area contributed by atoms with E-state index in [1.165, 1.54) is 11.7 Å². The zero-order valence-corrected chi connectivity index (χ0v) is 10.3. The van der Waals surface area contributed by atoms with Gasteiger partial charge in [0.25, 0.3) is 0 Å². The van der Waals surface area contributed by atoms with E-state index < -0.39 is 11.5 Å². The number of benzene rings is 1. The molecule has 0 radical (unpaired) electrons. The van der Waals surface area contributed by atoms with E-state index in [4.69, 9.17) is 5.26 Å². The maximum absolute atomic E-state index is 12.1. The average molecular weight is 258 g/mol. The van der Waals surface area contributed by atoms with Crippen molar-refractivity contribution in [3.63, 3.8) is 0 Å². The molecule has 1 aromatic heterocycles. The fraction of sp³-hybridized carbons (Fsp3) is 0.167. The zero-order chi connectivity index (χ0) is 13.8. The molecule has 0 unspecified atom stereocenters. The molecule has 0 aliphatic rings. The summed E-state index contributed by atoms with van der Waals surface area (Å²) in [7, 11) is 1.48. The van der Waals surface area contributed by atoms with Gasteiger partial charge in [-0.1, -0.05) is 23.4 Å². The van der Waals surface area contributed by atoms with Crippen molar-refractivity contribution < 1.29 is 9.48 Å². The van der Waals surface area contributed by atoms with E-state index in [1.807, 2.05) is 12.1 Å². The van der Waals surface area contributed by atoms with Crippen molar-refractivity contribution in [3.8, 4) is 6.07 Å². The Kier molecular flexibility index (Phi) is 3.43. The van der Waals surface area contributed by atoms with Crippen molar-refractivity contribution in [2.75, 3.05) is 5.32 Å². The molecule has 7 nitrogen and oxygen atoms in total. The minimum atomic E-state index is -0.552. The Morgan fingerprint density at radius 2 is 2.16 bits per heavy atom. The van der Waals surface area contributed by atoms with Gasteiger partial charge in [0.1, 0.15) is 13.1 Å². The van der Waals surface area contributed by atoms with Gasteiger partial charge in [-0.3, -0.25) is 4.79 Å². The van der Waals surface area contributed by atoms with Crippen LogP contribution in [-0.2, 0) is 13.6 Å². The number of rotatable bonds is 3. The number of amides is 1. The molecule has 0 spiro atoms. The summed E-state index contributed by atoms with van der Waals surface area (Å²) in [5.41, 5.74) is -0.00385. The Balaban J connectivity index is 2.34. The minimum absolute atomic E-state index is 0.104. The number of H-pyrrole nitrogens is 1. The van der Waals surface area contributed by atoms with Crippen LogP contribution in [0.4, 0.5) is 5.69 Å². The van der Waals surface area contributed by atoms with Crippen molar-refractivity contribution in [1.29, 1.82) is 5.26 Å². The molecule has 0 aliphatic carbocycles. The second-order valence-electron chi connectivity index (χ2n) is 3.88. The molecular formula is C12H12N5O2+. The van der Waals surface area contributed by atoms with Crippen LogP contribution in [0.3, 0.4) is 0 Å². The van der Waals surface area contributed by atoms with Crippen LogP contribution in [0.5, 0.6) is 0 Å². The standard InChI is InChI=1S/C12H11N5O2/c1-16-12(19)10(17(15-16)8-7-13)11(18)14-9-5-3-2-4-6-9/h2-6H,8H2,1H3,(H-,14,15,18,19)/p+1. The molecule has 1 aromatic carbocycles. The number of nitrogens with zero attached hydrogens (tertiary/aromatic N) is 3. The number of carbonyl (C=O) groups is 1. The second kappa shape index (κ2) is 5.18. The third kappa shape index (κ3) is 2.52. The Morgan fingerprint density at radius 3 is 2.79 bits per heavy atom. The van der Waals surface area contributed by atoms with Crippen molar-refractivity contribution in [2.24, 2.45) is 7.05 Å². The quantitative estimate of drug-likeness (QED) is 0.745. The topological polar surface area (TPSA) is 94.6 Å². The fourth-order valence-electron chi connectivity index (χ4n) is 1.67. The summed E-state index contributed by atoms with van der Waals surface area (Å²) in [5, 5.41) is 13.9. The van der Waals surface area contributed by atoms with Gasteiger partial charge >= 0.3 is 17.2 Å².